The Labute approximate surface area is 143 Å². The largest absolute Gasteiger partial charge is 0.375 e. The van der Waals surface area contributed by atoms with Gasteiger partial charge in [-0.2, -0.15) is 0 Å². The number of likely N-dealkylation sites (tertiary alicyclic amines) is 1. The van der Waals surface area contributed by atoms with Crippen molar-refractivity contribution in [2.24, 2.45) is 0 Å². The van der Waals surface area contributed by atoms with Crippen LogP contribution in [0.5, 0.6) is 0 Å². The van der Waals surface area contributed by atoms with Crippen molar-refractivity contribution >= 4 is 11.8 Å². The lowest BCUT2D eigenvalue weighted by Gasteiger charge is -2.44. The predicted octanol–water partition coefficient (Wildman–Crippen LogP) is 0.578. The highest BCUT2D eigenvalue weighted by atomic mass is 16.5. The van der Waals surface area contributed by atoms with E-state index < -0.39 is 0 Å². The van der Waals surface area contributed by atoms with E-state index in [1.807, 2.05) is 23.1 Å². The van der Waals surface area contributed by atoms with Crippen LogP contribution in [0, 0.1) is 0 Å². The minimum Gasteiger partial charge on any atom is -0.375 e. The zero-order valence-corrected chi connectivity index (χ0v) is 14.2. The van der Waals surface area contributed by atoms with Gasteiger partial charge >= 0.3 is 0 Å². The zero-order valence-electron chi connectivity index (χ0n) is 14.2. The average molecular weight is 331 g/mol. The molecule has 3 rings (SSSR count). The van der Waals surface area contributed by atoms with E-state index in [1.54, 1.807) is 4.90 Å². The summed E-state index contributed by atoms with van der Waals surface area (Å²) in [6.45, 7) is 4.33. The van der Waals surface area contributed by atoms with Crippen LogP contribution in [0.15, 0.2) is 30.3 Å². The summed E-state index contributed by atoms with van der Waals surface area (Å²) < 4.78 is 4.89. The first kappa shape index (κ1) is 16.9. The van der Waals surface area contributed by atoms with E-state index >= 15 is 0 Å². The van der Waals surface area contributed by atoms with E-state index in [0.29, 0.717) is 26.2 Å². The van der Waals surface area contributed by atoms with Crippen molar-refractivity contribution in [3.05, 3.63) is 35.9 Å². The van der Waals surface area contributed by atoms with Crippen molar-refractivity contribution in [1.29, 1.82) is 0 Å². The summed E-state index contributed by atoms with van der Waals surface area (Å²) in [7, 11) is 1.52. The molecule has 0 radical (unpaired) electrons. The number of methoxy groups -OCH3 is 1. The van der Waals surface area contributed by atoms with Crippen molar-refractivity contribution in [1.82, 2.24) is 14.7 Å². The standard InChI is InChI=1S/C18H25N3O3/c1-24-14-17(22)19-9-11-20(12-10-19)18(23)16-7-8-21(16)13-15-5-3-2-4-6-15/h2-6,16H,7-14H2,1H3/t16-/m1/s1. The minimum atomic E-state index is -0.00793. The Morgan fingerprint density at radius 1 is 1.04 bits per heavy atom. The quantitative estimate of drug-likeness (QED) is 0.792. The SMILES string of the molecule is COCC(=O)N1CCN(C(=O)[C@H]2CCN2Cc2ccccc2)CC1. The van der Waals surface area contributed by atoms with E-state index in [4.69, 9.17) is 4.74 Å². The maximum atomic E-state index is 12.7. The lowest BCUT2D eigenvalue weighted by atomic mass is 9.99. The van der Waals surface area contributed by atoms with E-state index in [9.17, 15) is 9.59 Å². The third kappa shape index (κ3) is 3.76. The second-order valence-corrected chi connectivity index (χ2v) is 6.40. The molecule has 0 aromatic heterocycles. The third-order valence-corrected chi connectivity index (χ3v) is 4.86. The van der Waals surface area contributed by atoms with Gasteiger partial charge in [0.15, 0.2) is 0 Å². The van der Waals surface area contributed by atoms with Crippen molar-refractivity contribution in [3.63, 3.8) is 0 Å². The van der Waals surface area contributed by atoms with Gasteiger partial charge in [0.05, 0.1) is 6.04 Å². The van der Waals surface area contributed by atoms with Gasteiger partial charge in [-0.1, -0.05) is 30.3 Å². The zero-order chi connectivity index (χ0) is 16.9. The van der Waals surface area contributed by atoms with Crippen LogP contribution in [0.25, 0.3) is 0 Å². The number of hydrogen-bond acceptors (Lipinski definition) is 4. The van der Waals surface area contributed by atoms with Gasteiger partial charge in [-0.15, -0.1) is 0 Å². The Morgan fingerprint density at radius 2 is 1.71 bits per heavy atom. The number of benzene rings is 1. The summed E-state index contributed by atoms with van der Waals surface area (Å²) in [5.74, 6) is 0.204. The van der Waals surface area contributed by atoms with Gasteiger partial charge < -0.3 is 14.5 Å². The molecule has 1 atom stereocenters. The first-order valence-corrected chi connectivity index (χ1v) is 8.52. The lowest BCUT2D eigenvalue weighted by molar-refractivity contribution is -0.148. The van der Waals surface area contributed by atoms with E-state index in [2.05, 4.69) is 17.0 Å². The van der Waals surface area contributed by atoms with Gasteiger partial charge in [0.25, 0.3) is 0 Å². The van der Waals surface area contributed by atoms with Gasteiger partial charge in [0.2, 0.25) is 11.8 Å². The molecular weight excluding hydrogens is 306 g/mol. The Balaban J connectivity index is 1.49. The summed E-state index contributed by atoms with van der Waals surface area (Å²) >= 11 is 0. The Kier molecular flexibility index (Phi) is 5.48. The normalized spacial score (nSPS) is 21.5. The van der Waals surface area contributed by atoms with E-state index in [0.717, 1.165) is 19.5 Å². The molecule has 0 bridgehead atoms. The number of carbonyl (C=O) groups is 2. The molecule has 24 heavy (non-hydrogen) atoms. The van der Waals surface area contributed by atoms with E-state index in [1.165, 1.54) is 12.7 Å². The number of ether oxygens (including phenoxy) is 1. The van der Waals surface area contributed by atoms with Crippen LogP contribution in [0.3, 0.4) is 0 Å². The van der Waals surface area contributed by atoms with Gasteiger partial charge in [-0.3, -0.25) is 14.5 Å². The molecule has 1 aromatic carbocycles. The molecule has 2 aliphatic heterocycles. The van der Waals surface area contributed by atoms with Gasteiger partial charge in [-0.25, -0.2) is 0 Å². The molecule has 0 spiro atoms. The van der Waals surface area contributed by atoms with E-state index in [-0.39, 0.29) is 24.5 Å². The number of amides is 2. The Morgan fingerprint density at radius 3 is 2.29 bits per heavy atom. The fraction of sp³-hybridized carbons (Fsp3) is 0.556. The number of hydrogen-bond donors (Lipinski definition) is 0. The molecule has 2 amide bonds. The first-order valence-electron chi connectivity index (χ1n) is 8.52. The molecule has 6 heteroatoms. The molecule has 0 saturated carbocycles. The van der Waals surface area contributed by atoms with Gasteiger partial charge in [0.1, 0.15) is 6.61 Å². The number of rotatable bonds is 5. The molecule has 0 aliphatic carbocycles. The summed E-state index contributed by atoms with van der Waals surface area (Å²) in [6.07, 6.45) is 0.925. The highest BCUT2D eigenvalue weighted by Gasteiger charge is 2.37. The number of nitrogens with zero attached hydrogens (tertiary/aromatic N) is 3. The fourth-order valence-corrected chi connectivity index (χ4v) is 3.33. The van der Waals surface area contributed by atoms with Crippen LogP contribution in [0.1, 0.15) is 12.0 Å². The van der Waals surface area contributed by atoms with Crippen LogP contribution in [-0.4, -0.2) is 79.0 Å². The molecule has 130 valence electrons. The summed E-state index contributed by atoms with van der Waals surface area (Å²) in [4.78, 5) is 30.5. The third-order valence-electron chi connectivity index (χ3n) is 4.86. The Bertz CT molecular complexity index is 570. The minimum absolute atomic E-state index is 0.000975. The molecule has 6 nitrogen and oxygen atoms in total. The smallest absolute Gasteiger partial charge is 0.248 e. The van der Waals surface area contributed by atoms with Gasteiger partial charge in [-0.05, 0) is 12.0 Å². The summed E-state index contributed by atoms with van der Waals surface area (Å²) in [5, 5.41) is 0. The van der Waals surface area contributed by atoms with Gasteiger partial charge in [0, 0.05) is 46.4 Å². The monoisotopic (exact) mass is 331 g/mol. The Hall–Kier alpha value is -1.92. The molecule has 2 fully saturated rings. The first-order chi connectivity index (χ1) is 11.7. The fourth-order valence-electron chi connectivity index (χ4n) is 3.33. The summed E-state index contributed by atoms with van der Waals surface area (Å²) in [6, 6.07) is 10.3. The lowest BCUT2D eigenvalue weighted by Crippen LogP contribution is -2.60. The molecular formula is C18H25N3O3. The number of carbonyl (C=O) groups excluding carboxylic acids is 2. The predicted molar refractivity (Wildman–Crippen MR) is 90.3 cm³/mol. The van der Waals surface area contributed by atoms with Crippen molar-refractivity contribution in [2.45, 2.75) is 19.0 Å². The average Bonchev–Trinajstić information content (AvgIpc) is 2.60. The van der Waals surface area contributed by atoms with Crippen LogP contribution in [0.2, 0.25) is 0 Å². The van der Waals surface area contributed by atoms with Crippen molar-refractivity contribution < 1.29 is 14.3 Å². The van der Waals surface area contributed by atoms with Crippen LogP contribution in [0.4, 0.5) is 0 Å². The van der Waals surface area contributed by atoms with Crippen LogP contribution < -0.4 is 0 Å². The summed E-state index contributed by atoms with van der Waals surface area (Å²) in [5.41, 5.74) is 1.24. The molecule has 2 saturated heterocycles. The molecule has 1 aromatic rings. The molecule has 2 heterocycles. The second kappa shape index (κ2) is 7.77. The van der Waals surface area contributed by atoms with Crippen molar-refractivity contribution in [2.75, 3.05) is 46.4 Å². The number of piperazine rings is 1. The molecule has 0 unspecified atom stereocenters. The highest BCUT2D eigenvalue weighted by molar-refractivity contribution is 5.83. The topological polar surface area (TPSA) is 53.1 Å². The molecule has 0 N–H and O–H groups in total. The highest BCUT2D eigenvalue weighted by Crippen LogP contribution is 2.23. The maximum absolute atomic E-state index is 12.7. The van der Waals surface area contributed by atoms with Crippen LogP contribution in [-0.2, 0) is 20.9 Å². The van der Waals surface area contributed by atoms with Crippen LogP contribution >= 0.6 is 0 Å². The second-order valence-electron chi connectivity index (χ2n) is 6.40. The molecule has 2 aliphatic rings. The van der Waals surface area contributed by atoms with Crippen molar-refractivity contribution in [3.8, 4) is 0 Å². The maximum Gasteiger partial charge on any atom is 0.248 e.